The van der Waals surface area contributed by atoms with Crippen LogP contribution < -0.4 is 10.6 Å². The van der Waals surface area contributed by atoms with E-state index in [4.69, 9.17) is 4.42 Å². The number of alkyl halides is 3. The molecular weight excluding hydrogens is 401 g/mol. The lowest BCUT2D eigenvalue weighted by atomic mass is 10.0. The van der Waals surface area contributed by atoms with Gasteiger partial charge < -0.3 is 20.2 Å². The normalized spacial score (nSPS) is 19.6. The Kier molecular flexibility index (Phi) is 5.02. The maximum absolute atomic E-state index is 13.7. The summed E-state index contributed by atoms with van der Waals surface area (Å²) in [6.45, 7) is 1.61. The molecule has 3 aromatic rings. The molecule has 0 saturated heterocycles. The van der Waals surface area contributed by atoms with Crippen molar-refractivity contribution in [3.8, 4) is 0 Å². The van der Waals surface area contributed by atoms with Crippen molar-refractivity contribution in [3.05, 3.63) is 65.7 Å². The van der Waals surface area contributed by atoms with Gasteiger partial charge in [0.2, 0.25) is 0 Å². The lowest BCUT2D eigenvalue weighted by Gasteiger charge is -2.32. The van der Waals surface area contributed by atoms with Crippen molar-refractivity contribution in [1.29, 1.82) is 0 Å². The molecule has 1 aliphatic rings. The minimum atomic E-state index is -4.54. The summed E-state index contributed by atoms with van der Waals surface area (Å²) >= 11 is 0. The number of aromatic nitrogens is 2. The van der Waals surface area contributed by atoms with Crippen LogP contribution in [0.5, 0.6) is 0 Å². The monoisotopic (exact) mass is 420 g/mol. The molecule has 0 saturated carbocycles. The van der Waals surface area contributed by atoms with Gasteiger partial charge in [0.05, 0.1) is 18.4 Å². The van der Waals surface area contributed by atoms with Gasteiger partial charge in [-0.15, -0.1) is 0 Å². The van der Waals surface area contributed by atoms with Crippen LogP contribution in [0.15, 0.2) is 53.1 Å². The second kappa shape index (κ2) is 7.52. The molecule has 4 rings (SSSR count). The van der Waals surface area contributed by atoms with Gasteiger partial charge in [-0.1, -0.05) is 12.1 Å². The van der Waals surface area contributed by atoms with E-state index in [2.05, 4.69) is 15.7 Å². The summed E-state index contributed by atoms with van der Waals surface area (Å²) in [5.74, 6) is -0.181. The Hall–Kier alpha value is -3.27. The zero-order chi connectivity index (χ0) is 21.5. The average molecular weight is 420 g/mol. The predicted molar refractivity (Wildman–Crippen MR) is 102 cm³/mol. The number of halogens is 3. The summed E-state index contributed by atoms with van der Waals surface area (Å²) < 4.78 is 47.0. The van der Waals surface area contributed by atoms with E-state index in [9.17, 15) is 23.1 Å². The van der Waals surface area contributed by atoms with Crippen LogP contribution in [0.3, 0.4) is 0 Å². The fourth-order valence-electron chi connectivity index (χ4n) is 3.40. The van der Waals surface area contributed by atoms with Gasteiger partial charge in [0.15, 0.2) is 11.7 Å². The van der Waals surface area contributed by atoms with Crippen molar-refractivity contribution in [3.63, 3.8) is 0 Å². The van der Waals surface area contributed by atoms with Crippen LogP contribution in [0.4, 0.5) is 24.7 Å². The summed E-state index contributed by atoms with van der Waals surface area (Å²) in [4.78, 5) is 12.6. The number of anilines is 2. The number of hydrogen-bond donors (Lipinski definition) is 3. The van der Waals surface area contributed by atoms with Crippen LogP contribution in [0.2, 0.25) is 0 Å². The van der Waals surface area contributed by atoms with Gasteiger partial charge >= 0.3 is 6.18 Å². The zero-order valence-corrected chi connectivity index (χ0v) is 15.8. The number of benzene rings is 1. The van der Waals surface area contributed by atoms with Crippen LogP contribution in [-0.2, 0) is 0 Å². The largest absolute Gasteiger partial charge is 0.467 e. The topological polar surface area (TPSA) is 92.3 Å². The highest BCUT2D eigenvalue weighted by molar-refractivity contribution is 6.03. The van der Waals surface area contributed by atoms with Crippen LogP contribution in [0.25, 0.3) is 0 Å². The highest BCUT2D eigenvalue weighted by Crippen LogP contribution is 2.43. The first-order valence-corrected chi connectivity index (χ1v) is 9.28. The van der Waals surface area contributed by atoms with E-state index in [1.807, 2.05) is 0 Å². The summed E-state index contributed by atoms with van der Waals surface area (Å²) in [6.07, 6.45) is -4.11. The third-order valence-corrected chi connectivity index (χ3v) is 4.96. The number of carbonyl (C=O) groups excluding carboxylic acids is 1. The summed E-state index contributed by atoms with van der Waals surface area (Å²) in [5, 5.41) is 19.0. The van der Waals surface area contributed by atoms with E-state index in [1.165, 1.54) is 12.3 Å². The minimum Gasteiger partial charge on any atom is -0.467 e. The molecule has 7 nitrogen and oxygen atoms in total. The smallest absolute Gasteiger partial charge is 0.410 e. The number of nitrogens with zero attached hydrogens (tertiary/aromatic N) is 2. The summed E-state index contributed by atoms with van der Waals surface area (Å²) in [5.41, 5.74) is 0.960. The molecule has 10 heteroatoms. The van der Waals surface area contributed by atoms with Crippen molar-refractivity contribution in [2.24, 2.45) is 0 Å². The number of fused-ring (bicyclic) bond motifs is 1. The van der Waals surface area contributed by atoms with Crippen LogP contribution in [0, 0.1) is 0 Å². The Balaban J connectivity index is 1.59. The first-order valence-electron chi connectivity index (χ1n) is 9.28. The molecule has 1 aromatic carbocycles. The number of aliphatic hydroxyl groups excluding tert-OH is 1. The Bertz CT molecular complexity index is 1030. The first-order chi connectivity index (χ1) is 14.2. The molecule has 1 aliphatic heterocycles. The van der Waals surface area contributed by atoms with E-state index in [1.54, 1.807) is 43.3 Å². The van der Waals surface area contributed by atoms with Gasteiger partial charge in [-0.05, 0) is 36.8 Å². The first kappa shape index (κ1) is 20.0. The second-order valence-electron chi connectivity index (χ2n) is 7.12. The Morgan fingerprint density at radius 3 is 2.67 bits per heavy atom. The quantitative estimate of drug-likeness (QED) is 0.580. The lowest BCUT2D eigenvalue weighted by Crippen LogP contribution is -2.35. The van der Waals surface area contributed by atoms with Crippen molar-refractivity contribution < 1.29 is 27.5 Å². The third kappa shape index (κ3) is 3.90. The summed E-state index contributed by atoms with van der Waals surface area (Å²) in [6, 6.07) is 8.39. The number of rotatable bonds is 4. The molecule has 3 atom stereocenters. The van der Waals surface area contributed by atoms with Crippen molar-refractivity contribution in [1.82, 2.24) is 9.78 Å². The van der Waals surface area contributed by atoms with Gasteiger partial charge in [0.1, 0.15) is 11.6 Å². The molecule has 158 valence electrons. The Morgan fingerprint density at radius 1 is 1.33 bits per heavy atom. The van der Waals surface area contributed by atoms with Crippen molar-refractivity contribution in [2.45, 2.75) is 37.7 Å². The van der Waals surface area contributed by atoms with E-state index in [-0.39, 0.29) is 17.9 Å². The number of furan rings is 1. The fourth-order valence-corrected chi connectivity index (χ4v) is 3.40. The van der Waals surface area contributed by atoms with Gasteiger partial charge in [-0.3, -0.25) is 4.79 Å². The number of hydrogen-bond acceptors (Lipinski definition) is 5. The minimum absolute atomic E-state index is 0.0829. The molecule has 0 aliphatic carbocycles. The number of nitrogens with one attached hydrogen (secondary N) is 2. The SMILES string of the molecule is CC(O)c1ccc(NC(=O)c2cc3n(n2)C(C(F)(F)F)CC(c2ccco2)N3)cc1. The molecule has 3 unspecified atom stereocenters. The van der Waals surface area contributed by atoms with Crippen LogP contribution in [0.1, 0.15) is 53.3 Å². The molecule has 0 radical (unpaired) electrons. The van der Waals surface area contributed by atoms with E-state index >= 15 is 0 Å². The Morgan fingerprint density at radius 2 is 2.07 bits per heavy atom. The second-order valence-corrected chi connectivity index (χ2v) is 7.12. The highest BCUT2D eigenvalue weighted by Gasteiger charge is 2.47. The number of carbonyl (C=O) groups is 1. The van der Waals surface area contributed by atoms with E-state index < -0.39 is 30.3 Å². The van der Waals surface area contributed by atoms with Crippen LogP contribution >= 0.6 is 0 Å². The average Bonchev–Trinajstić information content (AvgIpc) is 3.36. The predicted octanol–water partition coefficient (Wildman–Crippen LogP) is 4.44. The molecule has 0 spiro atoms. The third-order valence-electron chi connectivity index (χ3n) is 4.96. The van der Waals surface area contributed by atoms with E-state index in [0.29, 0.717) is 17.0 Å². The Labute approximate surface area is 169 Å². The molecule has 1 amide bonds. The van der Waals surface area contributed by atoms with Gasteiger partial charge in [0, 0.05) is 18.2 Å². The fraction of sp³-hybridized carbons (Fsp3) is 0.300. The number of aliphatic hydroxyl groups is 1. The molecule has 30 heavy (non-hydrogen) atoms. The summed E-state index contributed by atoms with van der Waals surface area (Å²) in [7, 11) is 0. The standard InChI is InChI=1S/C20H19F3N4O3/c1-11(28)12-4-6-13(7-5-12)24-19(29)15-10-18-25-14(16-3-2-8-30-16)9-17(20(21,22)23)27(18)26-15/h2-8,10-11,14,17,25,28H,9H2,1H3,(H,24,29). The van der Waals surface area contributed by atoms with Crippen molar-refractivity contribution >= 4 is 17.4 Å². The molecule has 0 fully saturated rings. The van der Waals surface area contributed by atoms with Crippen LogP contribution in [-0.4, -0.2) is 27.0 Å². The van der Waals surface area contributed by atoms with Gasteiger partial charge in [-0.25, -0.2) is 4.68 Å². The lowest BCUT2D eigenvalue weighted by molar-refractivity contribution is -0.174. The maximum atomic E-state index is 13.7. The number of amides is 1. The molecule has 3 N–H and O–H groups in total. The highest BCUT2D eigenvalue weighted by atomic mass is 19.4. The van der Waals surface area contributed by atoms with Crippen molar-refractivity contribution in [2.75, 3.05) is 10.6 Å². The van der Waals surface area contributed by atoms with Gasteiger partial charge in [-0.2, -0.15) is 18.3 Å². The molecule has 3 heterocycles. The van der Waals surface area contributed by atoms with Gasteiger partial charge in [0.25, 0.3) is 5.91 Å². The molecular formula is C20H19F3N4O3. The molecule has 2 aromatic heterocycles. The molecule has 0 bridgehead atoms. The van der Waals surface area contributed by atoms with E-state index in [0.717, 1.165) is 4.68 Å². The zero-order valence-electron chi connectivity index (χ0n) is 15.8. The maximum Gasteiger partial charge on any atom is 0.410 e.